The first-order chi connectivity index (χ1) is 9.74. The Bertz CT molecular complexity index is 408. The van der Waals surface area contributed by atoms with Crippen molar-refractivity contribution in [2.75, 3.05) is 26.2 Å². The molecule has 0 saturated carbocycles. The number of piperidine rings is 1. The number of likely N-dealkylation sites (tertiary alicyclic amines) is 1. The van der Waals surface area contributed by atoms with Gasteiger partial charge in [0.05, 0.1) is 6.42 Å². The Balaban J connectivity index is 1.59. The Morgan fingerprint density at radius 3 is 2.55 bits per heavy atom. The van der Waals surface area contributed by atoms with Crippen LogP contribution in [0.3, 0.4) is 0 Å². The highest BCUT2D eigenvalue weighted by atomic mass is 16.1. The van der Waals surface area contributed by atoms with Crippen LogP contribution >= 0.6 is 0 Å². The summed E-state index contributed by atoms with van der Waals surface area (Å²) in [6.07, 6.45) is 5.59. The van der Waals surface area contributed by atoms with E-state index in [4.69, 9.17) is 0 Å². The second-order valence-electron chi connectivity index (χ2n) is 5.77. The second-order valence-corrected chi connectivity index (χ2v) is 5.77. The molecule has 0 aromatic heterocycles. The first-order valence-corrected chi connectivity index (χ1v) is 7.78. The largest absolute Gasteiger partial charge is 0.356 e. The van der Waals surface area contributed by atoms with Gasteiger partial charge in [-0.1, -0.05) is 36.2 Å². The first-order valence-electron chi connectivity index (χ1n) is 7.78. The zero-order valence-corrected chi connectivity index (χ0v) is 12.5. The predicted octanol–water partition coefficient (Wildman–Crippen LogP) is 2.53. The van der Waals surface area contributed by atoms with Gasteiger partial charge in [-0.15, -0.1) is 0 Å². The van der Waals surface area contributed by atoms with Crippen molar-refractivity contribution < 1.29 is 4.79 Å². The molecule has 1 aromatic carbocycles. The van der Waals surface area contributed by atoms with E-state index < -0.39 is 0 Å². The minimum absolute atomic E-state index is 0.132. The molecule has 110 valence electrons. The van der Waals surface area contributed by atoms with Gasteiger partial charge in [0.15, 0.2) is 0 Å². The summed E-state index contributed by atoms with van der Waals surface area (Å²) in [6.45, 7) is 6.44. The zero-order valence-electron chi connectivity index (χ0n) is 12.5. The maximum absolute atomic E-state index is 11.8. The van der Waals surface area contributed by atoms with Crippen LogP contribution in [0.25, 0.3) is 0 Å². The molecule has 0 aliphatic carbocycles. The number of carbonyl (C=O) groups is 1. The highest BCUT2D eigenvalue weighted by Crippen LogP contribution is 2.08. The van der Waals surface area contributed by atoms with Crippen LogP contribution in [0, 0.1) is 6.92 Å². The Morgan fingerprint density at radius 1 is 1.15 bits per heavy atom. The molecule has 0 radical (unpaired) electrons. The smallest absolute Gasteiger partial charge is 0.224 e. The number of benzene rings is 1. The summed E-state index contributed by atoms with van der Waals surface area (Å²) >= 11 is 0. The average Bonchev–Trinajstić information content (AvgIpc) is 2.47. The lowest BCUT2D eigenvalue weighted by Gasteiger charge is -2.26. The number of nitrogens with one attached hydrogen (secondary N) is 1. The molecule has 1 fully saturated rings. The number of hydrogen-bond donors (Lipinski definition) is 1. The van der Waals surface area contributed by atoms with E-state index in [1.807, 2.05) is 12.1 Å². The van der Waals surface area contributed by atoms with Crippen molar-refractivity contribution in [1.29, 1.82) is 0 Å². The molecule has 20 heavy (non-hydrogen) atoms. The maximum Gasteiger partial charge on any atom is 0.224 e. The zero-order chi connectivity index (χ0) is 14.2. The van der Waals surface area contributed by atoms with Crippen LogP contribution in [-0.2, 0) is 11.2 Å². The van der Waals surface area contributed by atoms with E-state index >= 15 is 0 Å². The molecule has 1 saturated heterocycles. The fourth-order valence-corrected chi connectivity index (χ4v) is 2.67. The molecular weight excluding hydrogens is 248 g/mol. The van der Waals surface area contributed by atoms with Gasteiger partial charge < -0.3 is 10.2 Å². The lowest BCUT2D eigenvalue weighted by molar-refractivity contribution is -0.120. The first kappa shape index (κ1) is 15.0. The van der Waals surface area contributed by atoms with E-state index in [1.165, 1.54) is 37.9 Å². The average molecular weight is 274 g/mol. The summed E-state index contributed by atoms with van der Waals surface area (Å²) in [5.74, 6) is 0.132. The minimum Gasteiger partial charge on any atom is -0.356 e. The van der Waals surface area contributed by atoms with Crippen molar-refractivity contribution >= 4 is 5.91 Å². The lowest BCUT2D eigenvalue weighted by atomic mass is 10.1. The molecule has 1 N–H and O–H groups in total. The molecule has 1 aliphatic rings. The van der Waals surface area contributed by atoms with E-state index in [0.717, 1.165) is 25.1 Å². The fraction of sp³-hybridized carbons (Fsp3) is 0.588. The van der Waals surface area contributed by atoms with Gasteiger partial charge in [-0.2, -0.15) is 0 Å². The summed E-state index contributed by atoms with van der Waals surface area (Å²) in [5, 5.41) is 3.02. The van der Waals surface area contributed by atoms with Crippen LogP contribution < -0.4 is 5.32 Å². The van der Waals surface area contributed by atoms with Crippen LogP contribution in [0.2, 0.25) is 0 Å². The third kappa shape index (κ3) is 5.33. The molecule has 1 aliphatic heterocycles. The van der Waals surface area contributed by atoms with Crippen LogP contribution in [0.15, 0.2) is 24.3 Å². The van der Waals surface area contributed by atoms with Crippen LogP contribution in [0.4, 0.5) is 0 Å². The Hall–Kier alpha value is -1.35. The molecule has 0 spiro atoms. The summed E-state index contributed by atoms with van der Waals surface area (Å²) in [7, 11) is 0. The number of carbonyl (C=O) groups excluding carboxylic acids is 1. The molecule has 0 bridgehead atoms. The highest BCUT2D eigenvalue weighted by molar-refractivity contribution is 5.78. The van der Waals surface area contributed by atoms with Gasteiger partial charge in [0.2, 0.25) is 5.91 Å². The number of aryl methyl sites for hydroxylation is 1. The SMILES string of the molecule is Cc1ccc(CC(=O)NCCCN2CCCCC2)cc1. The number of hydrogen-bond acceptors (Lipinski definition) is 2. The van der Waals surface area contributed by atoms with Crippen molar-refractivity contribution in [1.82, 2.24) is 10.2 Å². The Labute approximate surface area is 122 Å². The highest BCUT2D eigenvalue weighted by Gasteiger charge is 2.09. The molecule has 3 nitrogen and oxygen atoms in total. The fourth-order valence-electron chi connectivity index (χ4n) is 2.67. The van der Waals surface area contributed by atoms with Gasteiger partial charge >= 0.3 is 0 Å². The second kappa shape index (κ2) is 8.05. The molecule has 3 heteroatoms. The van der Waals surface area contributed by atoms with Crippen molar-refractivity contribution in [3.63, 3.8) is 0 Å². The predicted molar refractivity (Wildman–Crippen MR) is 82.8 cm³/mol. The third-order valence-corrected chi connectivity index (χ3v) is 3.91. The quantitative estimate of drug-likeness (QED) is 0.809. The topological polar surface area (TPSA) is 32.3 Å². The van der Waals surface area contributed by atoms with Crippen molar-refractivity contribution in [2.24, 2.45) is 0 Å². The van der Waals surface area contributed by atoms with Gasteiger partial charge in [0.25, 0.3) is 0 Å². The van der Waals surface area contributed by atoms with E-state index in [-0.39, 0.29) is 5.91 Å². The van der Waals surface area contributed by atoms with E-state index in [9.17, 15) is 4.79 Å². The molecule has 1 aromatic rings. The molecule has 0 atom stereocenters. The summed E-state index contributed by atoms with van der Waals surface area (Å²) < 4.78 is 0. The molecular formula is C17H26N2O. The lowest BCUT2D eigenvalue weighted by Crippen LogP contribution is -2.33. The summed E-state index contributed by atoms with van der Waals surface area (Å²) in [6, 6.07) is 8.17. The van der Waals surface area contributed by atoms with E-state index in [1.54, 1.807) is 0 Å². The van der Waals surface area contributed by atoms with Crippen molar-refractivity contribution in [3.05, 3.63) is 35.4 Å². The summed E-state index contributed by atoms with van der Waals surface area (Å²) in [5.41, 5.74) is 2.32. The standard InChI is InChI=1S/C17H26N2O/c1-15-6-8-16(9-7-15)14-17(20)18-10-5-13-19-11-3-2-4-12-19/h6-9H,2-5,10-14H2,1H3,(H,18,20). The molecule has 2 rings (SSSR count). The maximum atomic E-state index is 11.8. The molecule has 1 heterocycles. The normalized spacial score (nSPS) is 16.1. The van der Waals surface area contributed by atoms with Crippen molar-refractivity contribution in [3.8, 4) is 0 Å². The summed E-state index contributed by atoms with van der Waals surface area (Å²) in [4.78, 5) is 14.3. The third-order valence-electron chi connectivity index (χ3n) is 3.91. The minimum atomic E-state index is 0.132. The van der Waals surface area contributed by atoms with Gasteiger partial charge in [-0.05, 0) is 51.4 Å². The van der Waals surface area contributed by atoms with Crippen LogP contribution in [0.5, 0.6) is 0 Å². The van der Waals surface area contributed by atoms with Crippen LogP contribution in [-0.4, -0.2) is 37.0 Å². The monoisotopic (exact) mass is 274 g/mol. The Kier molecular flexibility index (Phi) is 6.06. The van der Waals surface area contributed by atoms with E-state index in [2.05, 4.69) is 29.3 Å². The number of rotatable bonds is 6. The molecule has 1 amide bonds. The molecule has 0 unspecified atom stereocenters. The van der Waals surface area contributed by atoms with Gasteiger partial charge in [-0.25, -0.2) is 0 Å². The number of nitrogens with zero attached hydrogens (tertiary/aromatic N) is 1. The van der Waals surface area contributed by atoms with Crippen LogP contribution in [0.1, 0.15) is 36.8 Å². The Morgan fingerprint density at radius 2 is 1.85 bits per heavy atom. The van der Waals surface area contributed by atoms with Gasteiger partial charge in [0, 0.05) is 6.54 Å². The van der Waals surface area contributed by atoms with E-state index in [0.29, 0.717) is 6.42 Å². The number of amides is 1. The van der Waals surface area contributed by atoms with Gasteiger partial charge in [0.1, 0.15) is 0 Å². The van der Waals surface area contributed by atoms with Crippen molar-refractivity contribution in [2.45, 2.75) is 39.0 Å². The van der Waals surface area contributed by atoms with Gasteiger partial charge in [-0.3, -0.25) is 4.79 Å².